The van der Waals surface area contributed by atoms with Crippen LogP contribution in [0.2, 0.25) is 0 Å². The quantitative estimate of drug-likeness (QED) is 0.779. The molecule has 92 valence electrons. The van der Waals surface area contributed by atoms with Crippen LogP contribution < -0.4 is 16.2 Å². The second-order valence-corrected chi connectivity index (χ2v) is 3.86. The average Bonchev–Trinajstić information content (AvgIpc) is 2.37. The van der Waals surface area contributed by atoms with Crippen LogP contribution in [0.15, 0.2) is 47.4 Å². The fraction of sp³-hybridized carbons (Fsp3) is 0.0769. The van der Waals surface area contributed by atoms with E-state index in [0.29, 0.717) is 16.9 Å². The van der Waals surface area contributed by atoms with E-state index in [1.807, 2.05) is 0 Å². The van der Waals surface area contributed by atoms with Crippen LogP contribution in [-0.4, -0.2) is 17.9 Å². The molecule has 0 aliphatic carbocycles. The predicted octanol–water partition coefficient (Wildman–Crippen LogP) is 1.23. The third-order valence-electron chi connectivity index (χ3n) is 2.62. The first-order chi connectivity index (χ1) is 8.59. The topological polar surface area (TPSA) is 79.2 Å². The molecule has 0 unspecified atom stereocenters. The lowest BCUT2D eigenvalue weighted by Crippen LogP contribution is -2.28. The molecular weight excluding hydrogens is 230 g/mol. The highest BCUT2D eigenvalue weighted by atomic mass is 16.2. The molecule has 18 heavy (non-hydrogen) atoms. The molecule has 0 saturated heterocycles. The van der Waals surface area contributed by atoms with E-state index in [1.165, 1.54) is 17.2 Å². The Morgan fingerprint density at radius 2 is 2.00 bits per heavy atom. The van der Waals surface area contributed by atoms with E-state index in [9.17, 15) is 9.59 Å². The molecule has 1 heterocycles. The maximum atomic E-state index is 12.2. The van der Waals surface area contributed by atoms with Gasteiger partial charge in [-0.25, -0.2) is 0 Å². The number of nitrogens with zero attached hydrogens (tertiary/aromatic N) is 1. The van der Waals surface area contributed by atoms with E-state index in [1.54, 1.807) is 37.4 Å². The minimum absolute atomic E-state index is 0.279. The fourth-order valence-electron chi connectivity index (χ4n) is 1.67. The number of anilines is 2. The van der Waals surface area contributed by atoms with Crippen LogP contribution in [0.1, 0.15) is 10.4 Å². The van der Waals surface area contributed by atoms with E-state index in [4.69, 9.17) is 5.73 Å². The zero-order valence-corrected chi connectivity index (χ0v) is 9.88. The summed E-state index contributed by atoms with van der Waals surface area (Å²) in [6.45, 7) is 0. The van der Waals surface area contributed by atoms with Crippen LogP contribution in [0.5, 0.6) is 0 Å². The summed E-state index contributed by atoms with van der Waals surface area (Å²) in [5, 5.41) is 0. The van der Waals surface area contributed by atoms with Crippen molar-refractivity contribution >= 4 is 17.3 Å². The van der Waals surface area contributed by atoms with Gasteiger partial charge in [-0.3, -0.25) is 9.59 Å². The van der Waals surface area contributed by atoms with E-state index in [-0.39, 0.29) is 11.5 Å². The van der Waals surface area contributed by atoms with Crippen LogP contribution in [-0.2, 0) is 0 Å². The Morgan fingerprint density at radius 1 is 1.28 bits per heavy atom. The van der Waals surface area contributed by atoms with Crippen LogP contribution in [0.25, 0.3) is 0 Å². The number of amides is 1. The van der Waals surface area contributed by atoms with Gasteiger partial charge in [0.15, 0.2) is 0 Å². The van der Waals surface area contributed by atoms with Crippen molar-refractivity contribution in [3.63, 3.8) is 0 Å². The van der Waals surface area contributed by atoms with Crippen molar-refractivity contribution in [3.8, 4) is 0 Å². The molecule has 0 saturated carbocycles. The number of benzene rings is 1. The molecule has 0 fully saturated rings. The van der Waals surface area contributed by atoms with Crippen LogP contribution in [0.4, 0.5) is 11.4 Å². The lowest BCUT2D eigenvalue weighted by atomic mass is 10.2. The number of nitrogen functional groups attached to an aromatic ring is 1. The number of aromatic nitrogens is 1. The molecule has 5 nitrogen and oxygen atoms in total. The smallest absolute Gasteiger partial charge is 0.258 e. The summed E-state index contributed by atoms with van der Waals surface area (Å²) in [5.74, 6) is -0.279. The summed E-state index contributed by atoms with van der Waals surface area (Å²) in [6, 6.07) is 9.88. The maximum Gasteiger partial charge on any atom is 0.258 e. The van der Waals surface area contributed by atoms with Crippen LogP contribution in [0, 0.1) is 0 Å². The van der Waals surface area contributed by atoms with E-state index < -0.39 is 0 Å². The molecule has 3 N–H and O–H groups in total. The normalized spacial score (nSPS) is 10.1. The van der Waals surface area contributed by atoms with Crippen molar-refractivity contribution < 1.29 is 4.79 Å². The molecule has 1 amide bonds. The highest BCUT2D eigenvalue weighted by Gasteiger charge is 2.15. The van der Waals surface area contributed by atoms with Gasteiger partial charge >= 0.3 is 0 Å². The number of carbonyl (C=O) groups excluding carboxylic acids is 1. The Morgan fingerprint density at radius 3 is 2.67 bits per heavy atom. The molecule has 2 rings (SSSR count). The van der Waals surface area contributed by atoms with Crippen molar-refractivity contribution in [2.75, 3.05) is 17.7 Å². The molecule has 5 heteroatoms. The summed E-state index contributed by atoms with van der Waals surface area (Å²) < 4.78 is 0. The van der Waals surface area contributed by atoms with Crippen LogP contribution in [0.3, 0.4) is 0 Å². The van der Waals surface area contributed by atoms with Gasteiger partial charge in [0.05, 0.1) is 11.4 Å². The molecule has 1 aromatic carbocycles. The van der Waals surface area contributed by atoms with Gasteiger partial charge in [-0.15, -0.1) is 0 Å². The molecule has 0 bridgehead atoms. The Balaban J connectivity index is 2.35. The lowest BCUT2D eigenvalue weighted by Gasteiger charge is -2.18. The van der Waals surface area contributed by atoms with Crippen molar-refractivity contribution in [2.24, 2.45) is 0 Å². The summed E-state index contributed by atoms with van der Waals surface area (Å²) >= 11 is 0. The van der Waals surface area contributed by atoms with Crippen LogP contribution >= 0.6 is 0 Å². The number of nitrogens with two attached hydrogens (primary N) is 1. The number of rotatable bonds is 2. The highest BCUT2D eigenvalue weighted by Crippen LogP contribution is 2.22. The zero-order chi connectivity index (χ0) is 13.1. The number of pyridine rings is 1. The number of para-hydroxylation sites is 2. The second kappa shape index (κ2) is 4.75. The summed E-state index contributed by atoms with van der Waals surface area (Å²) in [4.78, 5) is 27.2. The first kappa shape index (κ1) is 11.9. The standard InChI is InChI=1S/C13H13N3O2/c1-16(11-5-3-2-4-10(11)14)13(18)9-6-7-15-12(17)8-9/h2-8H,14H2,1H3,(H,15,17). The van der Waals surface area contributed by atoms with Gasteiger partial charge in [-0.05, 0) is 18.2 Å². The van der Waals surface area contributed by atoms with E-state index in [0.717, 1.165) is 0 Å². The van der Waals surface area contributed by atoms with Crippen molar-refractivity contribution in [1.29, 1.82) is 0 Å². The lowest BCUT2D eigenvalue weighted by molar-refractivity contribution is 0.0993. The first-order valence-electron chi connectivity index (χ1n) is 5.41. The maximum absolute atomic E-state index is 12.2. The van der Waals surface area contributed by atoms with Gasteiger partial charge in [0.25, 0.3) is 5.91 Å². The average molecular weight is 243 g/mol. The zero-order valence-electron chi connectivity index (χ0n) is 9.88. The molecule has 0 radical (unpaired) electrons. The van der Waals surface area contributed by atoms with Gasteiger partial charge in [0.1, 0.15) is 0 Å². The molecular formula is C13H13N3O2. The first-order valence-corrected chi connectivity index (χ1v) is 5.41. The van der Waals surface area contributed by atoms with Gasteiger partial charge in [0.2, 0.25) is 5.56 Å². The Hall–Kier alpha value is -2.56. The highest BCUT2D eigenvalue weighted by molar-refractivity contribution is 6.07. The SMILES string of the molecule is CN(C(=O)c1cc[nH]c(=O)c1)c1ccccc1N. The molecule has 2 aromatic rings. The van der Waals surface area contributed by atoms with Gasteiger partial charge in [0, 0.05) is 24.9 Å². The van der Waals surface area contributed by atoms with E-state index in [2.05, 4.69) is 4.98 Å². The predicted molar refractivity (Wildman–Crippen MR) is 70.7 cm³/mol. The molecule has 1 aromatic heterocycles. The third-order valence-corrected chi connectivity index (χ3v) is 2.62. The summed E-state index contributed by atoms with van der Waals surface area (Å²) in [6.07, 6.45) is 1.44. The van der Waals surface area contributed by atoms with Crippen molar-refractivity contribution in [1.82, 2.24) is 4.98 Å². The van der Waals surface area contributed by atoms with Crippen molar-refractivity contribution in [2.45, 2.75) is 0 Å². The number of hydrogen-bond acceptors (Lipinski definition) is 3. The van der Waals surface area contributed by atoms with Crippen molar-refractivity contribution in [3.05, 3.63) is 58.5 Å². The largest absolute Gasteiger partial charge is 0.397 e. The minimum Gasteiger partial charge on any atom is -0.397 e. The number of aromatic amines is 1. The third kappa shape index (κ3) is 2.24. The fourth-order valence-corrected chi connectivity index (χ4v) is 1.67. The molecule has 0 spiro atoms. The Bertz CT molecular complexity index is 634. The van der Waals surface area contributed by atoms with E-state index >= 15 is 0 Å². The van der Waals surface area contributed by atoms with Gasteiger partial charge < -0.3 is 15.6 Å². The van der Waals surface area contributed by atoms with Gasteiger partial charge in [-0.2, -0.15) is 0 Å². The Kier molecular flexibility index (Phi) is 3.14. The molecule has 0 aliphatic rings. The molecule has 0 aliphatic heterocycles. The number of carbonyl (C=O) groups is 1. The minimum atomic E-state index is -0.310. The summed E-state index contributed by atoms with van der Waals surface area (Å²) in [5.41, 5.74) is 6.95. The van der Waals surface area contributed by atoms with Gasteiger partial charge in [-0.1, -0.05) is 12.1 Å². The summed E-state index contributed by atoms with van der Waals surface area (Å²) in [7, 11) is 1.62. The number of nitrogens with one attached hydrogen (secondary N) is 1. The second-order valence-electron chi connectivity index (χ2n) is 3.86. The Labute approximate surface area is 104 Å². The monoisotopic (exact) mass is 243 g/mol. The number of hydrogen-bond donors (Lipinski definition) is 2. The number of H-pyrrole nitrogens is 1. The molecule has 0 atom stereocenters.